The number of carbonyl (C=O) groups excluding carboxylic acids is 3. The number of esters is 1. The lowest BCUT2D eigenvalue weighted by Gasteiger charge is -2.31. The summed E-state index contributed by atoms with van der Waals surface area (Å²) in [6.45, 7) is 10.0. The van der Waals surface area contributed by atoms with Crippen molar-refractivity contribution in [1.29, 1.82) is 0 Å². The fraction of sp³-hybridized carbons (Fsp3) is 0.682. The van der Waals surface area contributed by atoms with Crippen LogP contribution < -0.4 is 5.32 Å². The Labute approximate surface area is 173 Å². The summed E-state index contributed by atoms with van der Waals surface area (Å²) in [5.41, 5.74) is 3.24. The summed E-state index contributed by atoms with van der Waals surface area (Å²) in [5.74, 6) is -0.120. The highest BCUT2D eigenvalue weighted by Gasteiger charge is 2.27. The van der Waals surface area contributed by atoms with Crippen LogP contribution in [0.4, 0.5) is 0 Å². The Morgan fingerprint density at radius 3 is 2.48 bits per heavy atom. The van der Waals surface area contributed by atoms with Gasteiger partial charge in [0.05, 0.1) is 6.61 Å². The number of hydrogen-bond acceptors (Lipinski definition) is 4. The molecular formula is C22H35N3O4. The van der Waals surface area contributed by atoms with Crippen LogP contribution in [0.3, 0.4) is 0 Å². The Balaban J connectivity index is 1.84. The van der Waals surface area contributed by atoms with Crippen LogP contribution in [0.1, 0.15) is 73.3 Å². The minimum atomic E-state index is -0.357. The van der Waals surface area contributed by atoms with Gasteiger partial charge in [-0.25, -0.2) is 4.79 Å². The second kappa shape index (κ2) is 11.0. The van der Waals surface area contributed by atoms with E-state index in [4.69, 9.17) is 4.74 Å². The molecule has 2 rings (SSSR count). The second-order valence-electron chi connectivity index (χ2n) is 7.75. The Morgan fingerprint density at radius 2 is 1.86 bits per heavy atom. The lowest BCUT2D eigenvalue weighted by atomic mass is 9.95. The third-order valence-electron chi connectivity index (χ3n) is 5.71. The van der Waals surface area contributed by atoms with Crippen molar-refractivity contribution in [3.8, 4) is 0 Å². The molecule has 1 aromatic rings. The zero-order valence-corrected chi connectivity index (χ0v) is 18.2. The zero-order valence-electron chi connectivity index (χ0n) is 18.2. The molecule has 2 amide bonds. The number of carbonyl (C=O) groups is 3. The topological polar surface area (TPSA) is 91.5 Å². The number of ether oxygens (including phenoxy) is 1. The van der Waals surface area contributed by atoms with E-state index in [-0.39, 0.29) is 23.7 Å². The minimum absolute atomic E-state index is 0.0113. The summed E-state index contributed by atoms with van der Waals surface area (Å²) in [4.78, 5) is 41.8. The SMILES string of the molecule is CCCCNC(=O)C1CCN(C(=O)CCc2c(C)[nH]c(C(=O)OCC)c2C)CC1. The number of nitrogens with one attached hydrogen (secondary N) is 2. The summed E-state index contributed by atoms with van der Waals surface area (Å²) < 4.78 is 5.08. The molecule has 0 aromatic carbocycles. The number of rotatable bonds is 9. The van der Waals surface area contributed by atoms with Gasteiger partial charge < -0.3 is 19.9 Å². The first-order valence-electron chi connectivity index (χ1n) is 10.8. The van der Waals surface area contributed by atoms with Crippen molar-refractivity contribution in [2.24, 2.45) is 5.92 Å². The van der Waals surface area contributed by atoms with Crippen molar-refractivity contribution in [1.82, 2.24) is 15.2 Å². The van der Waals surface area contributed by atoms with E-state index in [1.807, 2.05) is 18.7 Å². The summed E-state index contributed by atoms with van der Waals surface area (Å²) >= 11 is 0. The fourth-order valence-corrected chi connectivity index (χ4v) is 3.89. The number of unbranched alkanes of at least 4 members (excludes halogenated alkanes) is 1. The summed E-state index contributed by atoms with van der Waals surface area (Å²) in [6.07, 6.45) is 4.49. The maximum atomic E-state index is 12.6. The molecule has 0 bridgehead atoms. The van der Waals surface area contributed by atoms with Crippen LogP contribution in [0, 0.1) is 19.8 Å². The monoisotopic (exact) mass is 405 g/mol. The third-order valence-corrected chi connectivity index (χ3v) is 5.71. The van der Waals surface area contributed by atoms with E-state index in [2.05, 4.69) is 17.2 Å². The van der Waals surface area contributed by atoms with E-state index in [0.29, 0.717) is 38.2 Å². The average Bonchev–Trinajstić information content (AvgIpc) is 3.00. The number of amides is 2. The van der Waals surface area contributed by atoms with E-state index < -0.39 is 0 Å². The highest BCUT2D eigenvalue weighted by atomic mass is 16.5. The molecule has 1 aromatic heterocycles. The molecule has 1 aliphatic rings. The highest BCUT2D eigenvalue weighted by Crippen LogP contribution is 2.22. The Hall–Kier alpha value is -2.31. The van der Waals surface area contributed by atoms with Gasteiger partial charge in [-0.3, -0.25) is 9.59 Å². The maximum absolute atomic E-state index is 12.6. The Kier molecular flexibility index (Phi) is 8.73. The zero-order chi connectivity index (χ0) is 21.4. The molecule has 0 atom stereocenters. The minimum Gasteiger partial charge on any atom is -0.461 e. The first-order chi connectivity index (χ1) is 13.9. The number of aromatic amines is 1. The molecule has 7 nitrogen and oxygen atoms in total. The molecule has 1 aliphatic heterocycles. The predicted octanol–water partition coefficient (Wildman–Crippen LogP) is 2.90. The number of nitrogens with zero attached hydrogens (tertiary/aromatic N) is 1. The average molecular weight is 406 g/mol. The summed E-state index contributed by atoms with van der Waals surface area (Å²) in [7, 11) is 0. The number of hydrogen-bond donors (Lipinski definition) is 2. The van der Waals surface area contributed by atoms with Gasteiger partial charge in [0.2, 0.25) is 11.8 Å². The van der Waals surface area contributed by atoms with E-state index in [9.17, 15) is 14.4 Å². The van der Waals surface area contributed by atoms with Crippen molar-refractivity contribution in [2.75, 3.05) is 26.2 Å². The van der Waals surface area contributed by atoms with Gasteiger partial charge in [0.1, 0.15) is 5.69 Å². The lowest BCUT2D eigenvalue weighted by Crippen LogP contribution is -2.43. The third kappa shape index (κ3) is 6.08. The van der Waals surface area contributed by atoms with Gasteiger partial charge in [-0.15, -0.1) is 0 Å². The lowest BCUT2D eigenvalue weighted by molar-refractivity contribution is -0.135. The van der Waals surface area contributed by atoms with Crippen LogP contribution in [-0.2, 0) is 20.7 Å². The quantitative estimate of drug-likeness (QED) is 0.488. The molecule has 0 unspecified atom stereocenters. The second-order valence-corrected chi connectivity index (χ2v) is 7.75. The number of H-pyrrole nitrogens is 1. The Bertz CT molecular complexity index is 718. The molecule has 0 aliphatic carbocycles. The highest BCUT2D eigenvalue weighted by molar-refractivity contribution is 5.90. The molecule has 7 heteroatoms. The summed E-state index contributed by atoms with van der Waals surface area (Å²) in [6, 6.07) is 0. The number of aromatic nitrogens is 1. The van der Waals surface area contributed by atoms with Crippen LogP contribution in [0.5, 0.6) is 0 Å². The largest absolute Gasteiger partial charge is 0.461 e. The molecule has 0 spiro atoms. The van der Waals surface area contributed by atoms with Gasteiger partial charge >= 0.3 is 5.97 Å². The van der Waals surface area contributed by atoms with Crippen LogP contribution >= 0.6 is 0 Å². The number of aryl methyl sites for hydroxylation is 1. The van der Waals surface area contributed by atoms with Gasteiger partial charge in [0.15, 0.2) is 0 Å². The van der Waals surface area contributed by atoms with Crippen LogP contribution in [-0.4, -0.2) is 53.9 Å². The predicted molar refractivity (Wildman–Crippen MR) is 112 cm³/mol. The van der Waals surface area contributed by atoms with Gasteiger partial charge in [0, 0.05) is 37.7 Å². The normalized spacial score (nSPS) is 14.7. The van der Waals surface area contributed by atoms with E-state index >= 15 is 0 Å². The van der Waals surface area contributed by atoms with Crippen molar-refractivity contribution in [3.63, 3.8) is 0 Å². The van der Waals surface area contributed by atoms with Crippen molar-refractivity contribution in [2.45, 2.75) is 66.2 Å². The van der Waals surface area contributed by atoms with Gasteiger partial charge in [-0.1, -0.05) is 13.3 Å². The molecule has 0 radical (unpaired) electrons. The molecule has 2 heterocycles. The molecule has 1 saturated heterocycles. The van der Waals surface area contributed by atoms with Crippen molar-refractivity contribution < 1.29 is 19.1 Å². The molecular weight excluding hydrogens is 370 g/mol. The first kappa shape index (κ1) is 23.0. The Morgan fingerprint density at radius 1 is 1.17 bits per heavy atom. The van der Waals surface area contributed by atoms with Crippen molar-refractivity contribution in [3.05, 3.63) is 22.5 Å². The van der Waals surface area contributed by atoms with Crippen molar-refractivity contribution >= 4 is 17.8 Å². The smallest absolute Gasteiger partial charge is 0.355 e. The number of likely N-dealkylation sites (tertiary alicyclic amines) is 1. The first-order valence-corrected chi connectivity index (χ1v) is 10.8. The molecule has 29 heavy (non-hydrogen) atoms. The van der Waals surface area contributed by atoms with Gasteiger partial charge in [-0.05, 0) is 57.6 Å². The molecule has 162 valence electrons. The van der Waals surface area contributed by atoms with Gasteiger partial charge in [0.25, 0.3) is 0 Å². The fourth-order valence-electron chi connectivity index (χ4n) is 3.89. The standard InChI is InChI=1S/C22H35N3O4/c1-5-7-12-23-21(27)17-10-13-25(14-11-17)19(26)9-8-18-15(3)20(24-16(18)4)22(28)29-6-2/h17,24H,5-14H2,1-4H3,(H,23,27). The van der Waals surface area contributed by atoms with Crippen LogP contribution in [0.25, 0.3) is 0 Å². The summed E-state index contributed by atoms with van der Waals surface area (Å²) in [5, 5.41) is 2.99. The molecule has 0 saturated carbocycles. The van der Waals surface area contributed by atoms with Crippen LogP contribution in [0.2, 0.25) is 0 Å². The van der Waals surface area contributed by atoms with Gasteiger partial charge in [-0.2, -0.15) is 0 Å². The van der Waals surface area contributed by atoms with E-state index in [1.165, 1.54) is 0 Å². The van der Waals surface area contributed by atoms with E-state index in [1.54, 1.807) is 6.92 Å². The molecule has 1 fully saturated rings. The molecule has 2 N–H and O–H groups in total. The maximum Gasteiger partial charge on any atom is 0.355 e. The van der Waals surface area contributed by atoms with Crippen LogP contribution in [0.15, 0.2) is 0 Å². The van der Waals surface area contributed by atoms with E-state index in [0.717, 1.165) is 49.0 Å². The number of piperidine rings is 1.